The Morgan fingerprint density at radius 1 is 1.32 bits per heavy atom. The molecule has 3 atom stereocenters. The van der Waals surface area contributed by atoms with E-state index >= 15 is 0 Å². The quantitative estimate of drug-likeness (QED) is 0.907. The van der Waals surface area contributed by atoms with Gasteiger partial charge in [0.25, 0.3) is 0 Å². The first-order valence-electron chi connectivity index (χ1n) is 5.70. The summed E-state index contributed by atoms with van der Waals surface area (Å²) in [5.41, 5.74) is 0.428. The zero-order valence-electron chi connectivity index (χ0n) is 10.6. The molecule has 0 spiro atoms. The zero-order valence-corrected chi connectivity index (χ0v) is 11.4. The highest BCUT2D eigenvalue weighted by atomic mass is 32.2. The maximum absolute atomic E-state index is 12.3. The minimum atomic E-state index is -4.72. The molecule has 3 nitrogen and oxygen atoms in total. The molecule has 0 aliphatic carbocycles. The first-order chi connectivity index (χ1) is 8.70. The van der Waals surface area contributed by atoms with Crippen molar-refractivity contribution in [2.75, 3.05) is 0 Å². The molecule has 1 rings (SSSR count). The van der Waals surface area contributed by atoms with Crippen LogP contribution in [0.2, 0.25) is 0 Å². The SMILES string of the molecule is CC(C[C@H](C)c1ccccc1OC(F)(F)F)S(N)=O. The van der Waals surface area contributed by atoms with E-state index < -0.39 is 17.3 Å². The van der Waals surface area contributed by atoms with Gasteiger partial charge in [-0.2, -0.15) is 0 Å². The molecule has 0 radical (unpaired) electrons. The Balaban J connectivity index is 2.90. The molecule has 1 aromatic carbocycles. The van der Waals surface area contributed by atoms with E-state index in [0.29, 0.717) is 12.0 Å². The largest absolute Gasteiger partial charge is 0.573 e. The van der Waals surface area contributed by atoms with Crippen molar-refractivity contribution < 1.29 is 22.1 Å². The van der Waals surface area contributed by atoms with Gasteiger partial charge in [0.05, 0.1) is 11.0 Å². The average molecular weight is 295 g/mol. The summed E-state index contributed by atoms with van der Waals surface area (Å²) in [4.78, 5) is 0. The van der Waals surface area contributed by atoms with E-state index in [-0.39, 0.29) is 16.9 Å². The molecular formula is C12H16F3NO2S. The lowest BCUT2D eigenvalue weighted by Gasteiger charge is -2.19. The molecule has 0 aromatic heterocycles. The summed E-state index contributed by atoms with van der Waals surface area (Å²) in [6.07, 6.45) is -4.31. The van der Waals surface area contributed by atoms with Gasteiger partial charge in [-0.15, -0.1) is 13.2 Å². The Morgan fingerprint density at radius 2 is 1.89 bits per heavy atom. The molecule has 0 saturated heterocycles. The summed E-state index contributed by atoms with van der Waals surface area (Å²) in [6, 6.07) is 5.95. The predicted octanol–water partition coefficient (Wildman–Crippen LogP) is 3.09. The van der Waals surface area contributed by atoms with E-state index in [1.165, 1.54) is 12.1 Å². The molecule has 1 aromatic rings. The lowest BCUT2D eigenvalue weighted by atomic mass is 9.95. The highest BCUT2D eigenvalue weighted by Gasteiger charge is 2.32. The van der Waals surface area contributed by atoms with Gasteiger partial charge in [-0.1, -0.05) is 25.1 Å². The van der Waals surface area contributed by atoms with Crippen LogP contribution in [-0.2, 0) is 11.0 Å². The Hall–Kier alpha value is -1.08. The Bertz CT molecular complexity index is 451. The van der Waals surface area contributed by atoms with Gasteiger partial charge in [-0.25, -0.2) is 4.21 Å². The fourth-order valence-corrected chi connectivity index (χ4v) is 2.30. The fraction of sp³-hybridized carbons (Fsp3) is 0.500. The summed E-state index contributed by atoms with van der Waals surface area (Å²) in [5, 5.41) is 4.97. The van der Waals surface area contributed by atoms with Crippen molar-refractivity contribution in [3.63, 3.8) is 0 Å². The van der Waals surface area contributed by atoms with Crippen LogP contribution in [0.15, 0.2) is 24.3 Å². The zero-order chi connectivity index (χ0) is 14.6. The van der Waals surface area contributed by atoms with Gasteiger partial charge < -0.3 is 4.74 Å². The van der Waals surface area contributed by atoms with Crippen molar-refractivity contribution in [3.05, 3.63) is 29.8 Å². The molecule has 0 aliphatic heterocycles. The van der Waals surface area contributed by atoms with Crippen LogP contribution in [0, 0.1) is 0 Å². The predicted molar refractivity (Wildman–Crippen MR) is 67.9 cm³/mol. The number of rotatable bonds is 5. The van der Waals surface area contributed by atoms with Crippen LogP contribution in [0.3, 0.4) is 0 Å². The van der Waals surface area contributed by atoms with Crippen molar-refractivity contribution in [1.29, 1.82) is 0 Å². The van der Waals surface area contributed by atoms with Crippen LogP contribution in [0.5, 0.6) is 5.75 Å². The number of hydrogen-bond acceptors (Lipinski definition) is 2. The number of hydrogen-bond donors (Lipinski definition) is 1. The minimum Gasteiger partial charge on any atom is -0.405 e. The van der Waals surface area contributed by atoms with Crippen LogP contribution in [-0.4, -0.2) is 15.8 Å². The van der Waals surface area contributed by atoms with Gasteiger partial charge >= 0.3 is 6.36 Å². The molecule has 19 heavy (non-hydrogen) atoms. The molecule has 2 N–H and O–H groups in total. The second-order valence-electron chi connectivity index (χ2n) is 4.36. The lowest BCUT2D eigenvalue weighted by Crippen LogP contribution is -2.21. The van der Waals surface area contributed by atoms with Gasteiger partial charge in [-0.05, 0) is 30.9 Å². The maximum Gasteiger partial charge on any atom is 0.573 e. The van der Waals surface area contributed by atoms with Crippen molar-refractivity contribution >= 4 is 11.0 Å². The third kappa shape index (κ3) is 5.20. The molecule has 0 amide bonds. The molecule has 0 aliphatic rings. The molecule has 0 saturated carbocycles. The highest BCUT2D eigenvalue weighted by molar-refractivity contribution is 7.83. The molecule has 0 bridgehead atoms. The molecule has 2 unspecified atom stereocenters. The summed E-state index contributed by atoms with van der Waals surface area (Å²) in [7, 11) is -1.49. The summed E-state index contributed by atoms with van der Waals surface area (Å²) >= 11 is 0. The second kappa shape index (κ2) is 6.38. The third-order valence-corrected chi connectivity index (χ3v) is 3.74. The van der Waals surface area contributed by atoms with E-state index in [0.717, 1.165) is 0 Å². The van der Waals surface area contributed by atoms with Crippen molar-refractivity contribution in [3.8, 4) is 5.75 Å². The van der Waals surface area contributed by atoms with Crippen LogP contribution in [0.4, 0.5) is 13.2 Å². The molecule has 108 valence electrons. The molecule has 0 fully saturated rings. The third-order valence-electron chi connectivity index (χ3n) is 2.76. The summed E-state index contributed by atoms with van der Waals surface area (Å²) in [6.45, 7) is 3.45. The highest BCUT2D eigenvalue weighted by Crippen LogP contribution is 2.33. The summed E-state index contributed by atoms with van der Waals surface area (Å²) in [5.74, 6) is -0.460. The summed E-state index contributed by atoms with van der Waals surface area (Å²) < 4.78 is 51.9. The fourth-order valence-electron chi connectivity index (χ4n) is 1.82. The van der Waals surface area contributed by atoms with E-state index in [9.17, 15) is 17.4 Å². The van der Waals surface area contributed by atoms with E-state index in [1.807, 2.05) is 0 Å². The average Bonchev–Trinajstić information content (AvgIpc) is 2.27. The second-order valence-corrected chi connectivity index (χ2v) is 5.82. The number of halogens is 3. The molecule has 7 heteroatoms. The number of nitrogens with two attached hydrogens (primary N) is 1. The van der Waals surface area contributed by atoms with Gasteiger partial charge in [0, 0.05) is 5.25 Å². The van der Waals surface area contributed by atoms with Crippen LogP contribution < -0.4 is 9.88 Å². The van der Waals surface area contributed by atoms with Crippen molar-refractivity contribution in [1.82, 2.24) is 0 Å². The molecular weight excluding hydrogens is 279 g/mol. The van der Waals surface area contributed by atoms with Gasteiger partial charge in [0.1, 0.15) is 5.75 Å². The smallest absolute Gasteiger partial charge is 0.405 e. The maximum atomic E-state index is 12.3. The van der Waals surface area contributed by atoms with Gasteiger partial charge in [-0.3, -0.25) is 5.14 Å². The monoisotopic (exact) mass is 295 g/mol. The first-order valence-corrected chi connectivity index (χ1v) is 6.98. The van der Waals surface area contributed by atoms with E-state index in [2.05, 4.69) is 4.74 Å². The molecule has 0 heterocycles. The van der Waals surface area contributed by atoms with Crippen LogP contribution >= 0.6 is 0 Å². The van der Waals surface area contributed by atoms with Crippen LogP contribution in [0.1, 0.15) is 31.7 Å². The van der Waals surface area contributed by atoms with Gasteiger partial charge in [0.2, 0.25) is 0 Å². The minimum absolute atomic E-state index is 0.225. The van der Waals surface area contributed by atoms with Crippen molar-refractivity contribution in [2.24, 2.45) is 5.14 Å². The van der Waals surface area contributed by atoms with E-state index in [1.54, 1.807) is 26.0 Å². The number of ether oxygens (including phenoxy) is 1. The Morgan fingerprint density at radius 3 is 2.42 bits per heavy atom. The number of benzene rings is 1. The topological polar surface area (TPSA) is 52.3 Å². The lowest BCUT2D eigenvalue weighted by molar-refractivity contribution is -0.275. The Labute approximate surface area is 112 Å². The number of alkyl halides is 3. The standard InChI is InChI=1S/C12H16F3NO2S/c1-8(7-9(2)19(16)17)10-5-3-4-6-11(10)18-12(13,14)15/h3-6,8-9H,7,16H2,1-2H3/t8-,9?,19?/m0/s1. The van der Waals surface area contributed by atoms with Crippen LogP contribution in [0.25, 0.3) is 0 Å². The normalized spacial score (nSPS) is 16.7. The van der Waals surface area contributed by atoms with E-state index in [4.69, 9.17) is 5.14 Å². The Kier molecular flexibility index (Phi) is 5.37. The van der Waals surface area contributed by atoms with Crippen molar-refractivity contribution in [2.45, 2.75) is 37.8 Å². The first kappa shape index (κ1) is 16.0. The van der Waals surface area contributed by atoms with Gasteiger partial charge in [0.15, 0.2) is 0 Å². The number of para-hydroxylation sites is 1.